The zero-order valence-corrected chi connectivity index (χ0v) is 18.9. The minimum Gasteiger partial charge on any atom is -0.494 e. The average Bonchev–Trinajstić information content (AvgIpc) is 2.75. The number of hydrogen-bond acceptors (Lipinski definition) is 4. The van der Waals surface area contributed by atoms with Gasteiger partial charge in [-0.2, -0.15) is 0 Å². The highest BCUT2D eigenvalue weighted by Gasteiger charge is 2.08. The maximum absolute atomic E-state index is 12.2. The zero-order valence-electron chi connectivity index (χ0n) is 18.9. The van der Waals surface area contributed by atoms with Crippen LogP contribution in [0.4, 0.5) is 11.4 Å². The maximum atomic E-state index is 12.2. The number of rotatable bonds is 13. The van der Waals surface area contributed by atoms with E-state index in [-0.39, 0.29) is 24.4 Å². The third-order valence-electron chi connectivity index (χ3n) is 4.65. The molecule has 6 nitrogen and oxygen atoms in total. The lowest BCUT2D eigenvalue weighted by Crippen LogP contribution is -2.30. The number of carbonyl (C=O) groups excluding carboxylic acids is 2. The molecule has 0 aliphatic rings. The van der Waals surface area contributed by atoms with E-state index >= 15 is 0 Å². The monoisotopic (exact) mass is 425 g/mol. The Balaban J connectivity index is 1.74. The summed E-state index contributed by atoms with van der Waals surface area (Å²) in [6, 6.07) is 14.6. The summed E-state index contributed by atoms with van der Waals surface area (Å²) in [6.45, 7) is 6.85. The second kappa shape index (κ2) is 13.3. The smallest absolute Gasteiger partial charge is 0.251 e. The van der Waals surface area contributed by atoms with E-state index in [9.17, 15) is 9.59 Å². The van der Waals surface area contributed by atoms with Crippen molar-refractivity contribution in [3.63, 3.8) is 0 Å². The average molecular weight is 426 g/mol. The van der Waals surface area contributed by atoms with Gasteiger partial charge < -0.3 is 20.7 Å². The van der Waals surface area contributed by atoms with Gasteiger partial charge in [-0.05, 0) is 62.7 Å². The SMILES string of the molecule is CCCCCCCOc1ccc(NC(=O)CNc2cccc(C(=O)NC(C)C)c2)cc1. The van der Waals surface area contributed by atoms with Crippen molar-refractivity contribution in [1.82, 2.24) is 5.32 Å². The first-order valence-electron chi connectivity index (χ1n) is 11.2. The van der Waals surface area contributed by atoms with Crippen LogP contribution in [0.5, 0.6) is 5.75 Å². The number of carbonyl (C=O) groups is 2. The molecule has 0 radical (unpaired) electrons. The van der Waals surface area contributed by atoms with Crippen LogP contribution in [0.2, 0.25) is 0 Å². The molecular formula is C25H35N3O3. The summed E-state index contributed by atoms with van der Waals surface area (Å²) in [6.07, 6.45) is 6.03. The van der Waals surface area contributed by atoms with E-state index in [0.29, 0.717) is 23.5 Å². The molecule has 0 aromatic heterocycles. The molecule has 0 unspecified atom stereocenters. The number of benzene rings is 2. The fourth-order valence-corrected chi connectivity index (χ4v) is 3.03. The van der Waals surface area contributed by atoms with Crippen molar-refractivity contribution in [3.05, 3.63) is 54.1 Å². The minimum atomic E-state index is -0.165. The lowest BCUT2D eigenvalue weighted by Gasteiger charge is -2.11. The summed E-state index contributed by atoms with van der Waals surface area (Å²) in [7, 11) is 0. The largest absolute Gasteiger partial charge is 0.494 e. The van der Waals surface area contributed by atoms with Crippen LogP contribution in [0.25, 0.3) is 0 Å². The minimum absolute atomic E-state index is 0.0671. The van der Waals surface area contributed by atoms with Crippen molar-refractivity contribution in [2.45, 2.75) is 58.9 Å². The number of unbranched alkanes of at least 4 members (excludes halogenated alkanes) is 4. The zero-order chi connectivity index (χ0) is 22.5. The highest BCUT2D eigenvalue weighted by Crippen LogP contribution is 2.17. The molecule has 0 atom stereocenters. The Labute approximate surface area is 185 Å². The van der Waals surface area contributed by atoms with Crippen LogP contribution in [-0.4, -0.2) is 31.0 Å². The van der Waals surface area contributed by atoms with Gasteiger partial charge in [-0.3, -0.25) is 9.59 Å². The molecule has 0 saturated heterocycles. The topological polar surface area (TPSA) is 79.5 Å². The molecule has 0 bridgehead atoms. The first kappa shape index (κ1) is 24.3. The van der Waals surface area contributed by atoms with Gasteiger partial charge >= 0.3 is 0 Å². The summed E-state index contributed by atoms with van der Waals surface area (Å²) >= 11 is 0. The van der Waals surface area contributed by atoms with E-state index in [1.54, 1.807) is 18.2 Å². The predicted octanol–water partition coefficient (Wildman–Crippen LogP) is 5.22. The summed E-state index contributed by atoms with van der Waals surface area (Å²) < 4.78 is 5.75. The molecule has 2 aromatic rings. The van der Waals surface area contributed by atoms with Gasteiger partial charge in [0.25, 0.3) is 5.91 Å². The summed E-state index contributed by atoms with van der Waals surface area (Å²) in [5.74, 6) is 0.510. The van der Waals surface area contributed by atoms with Crippen LogP contribution in [0.3, 0.4) is 0 Å². The van der Waals surface area contributed by atoms with Crippen molar-refractivity contribution in [1.29, 1.82) is 0 Å². The second-order valence-electron chi connectivity index (χ2n) is 7.90. The van der Waals surface area contributed by atoms with Crippen LogP contribution in [0, 0.1) is 0 Å². The molecule has 3 N–H and O–H groups in total. The van der Waals surface area contributed by atoms with Crippen molar-refractivity contribution in [3.8, 4) is 5.75 Å². The van der Waals surface area contributed by atoms with Gasteiger partial charge in [-0.15, -0.1) is 0 Å². The number of anilines is 2. The van der Waals surface area contributed by atoms with Crippen molar-refractivity contribution in [2.75, 3.05) is 23.8 Å². The standard InChI is InChI=1S/C25H35N3O3/c1-4-5-6-7-8-16-31-23-14-12-21(13-15-23)28-24(29)18-26-22-11-9-10-20(17-22)25(30)27-19(2)3/h9-15,17,19,26H,4-8,16,18H2,1-3H3,(H,27,30)(H,28,29). The second-order valence-corrected chi connectivity index (χ2v) is 7.90. The predicted molar refractivity (Wildman–Crippen MR) is 127 cm³/mol. The quantitative estimate of drug-likeness (QED) is 0.384. The Morgan fingerprint density at radius 1 is 0.935 bits per heavy atom. The molecule has 2 aromatic carbocycles. The Kier molecular flexibility index (Phi) is 10.4. The van der Waals surface area contributed by atoms with E-state index in [0.717, 1.165) is 12.2 Å². The van der Waals surface area contributed by atoms with E-state index < -0.39 is 0 Å². The molecule has 2 rings (SSSR count). The number of amides is 2. The van der Waals surface area contributed by atoms with Crippen molar-refractivity contribution in [2.24, 2.45) is 0 Å². The van der Waals surface area contributed by atoms with Gasteiger partial charge in [-0.25, -0.2) is 0 Å². The lowest BCUT2D eigenvalue weighted by molar-refractivity contribution is -0.114. The van der Waals surface area contributed by atoms with Crippen LogP contribution in [0.1, 0.15) is 63.2 Å². The highest BCUT2D eigenvalue weighted by atomic mass is 16.5. The molecular weight excluding hydrogens is 390 g/mol. The van der Waals surface area contributed by atoms with E-state index in [2.05, 4.69) is 22.9 Å². The fraction of sp³-hybridized carbons (Fsp3) is 0.440. The van der Waals surface area contributed by atoms with E-state index in [1.807, 2.05) is 44.2 Å². The molecule has 0 aliphatic carbocycles. The van der Waals surface area contributed by atoms with Crippen molar-refractivity contribution >= 4 is 23.2 Å². The number of nitrogens with one attached hydrogen (secondary N) is 3. The lowest BCUT2D eigenvalue weighted by atomic mass is 10.1. The molecule has 0 saturated carbocycles. The third-order valence-corrected chi connectivity index (χ3v) is 4.65. The van der Waals surface area contributed by atoms with Gasteiger partial charge in [0, 0.05) is 23.0 Å². The van der Waals surface area contributed by atoms with Crippen LogP contribution >= 0.6 is 0 Å². The normalized spacial score (nSPS) is 10.6. The number of ether oxygens (including phenoxy) is 1. The molecule has 31 heavy (non-hydrogen) atoms. The molecule has 0 fully saturated rings. The summed E-state index contributed by atoms with van der Waals surface area (Å²) in [4.78, 5) is 24.4. The molecule has 0 aliphatic heterocycles. The van der Waals surface area contributed by atoms with Gasteiger partial charge in [0.05, 0.1) is 13.2 Å². The summed E-state index contributed by atoms with van der Waals surface area (Å²) in [5.41, 5.74) is 1.99. The fourth-order valence-electron chi connectivity index (χ4n) is 3.03. The molecule has 0 spiro atoms. The van der Waals surface area contributed by atoms with Gasteiger partial charge in [0.15, 0.2) is 0 Å². The van der Waals surface area contributed by atoms with Gasteiger partial charge in [-0.1, -0.05) is 38.7 Å². The maximum Gasteiger partial charge on any atom is 0.251 e. The molecule has 2 amide bonds. The van der Waals surface area contributed by atoms with Crippen LogP contribution in [-0.2, 0) is 4.79 Å². The highest BCUT2D eigenvalue weighted by molar-refractivity contribution is 5.96. The Morgan fingerprint density at radius 2 is 1.68 bits per heavy atom. The third kappa shape index (κ3) is 9.55. The van der Waals surface area contributed by atoms with Crippen LogP contribution < -0.4 is 20.7 Å². The molecule has 6 heteroatoms. The Hall–Kier alpha value is -3.02. The first-order chi connectivity index (χ1) is 15.0. The van der Waals surface area contributed by atoms with Gasteiger partial charge in [0.2, 0.25) is 5.91 Å². The van der Waals surface area contributed by atoms with E-state index in [1.165, 1.54) is 25.7 Å². The Morgan fingerprint density at radius 3 is 2.39 bits per heavy atom. The van der Waals surface area contributed by atoms with Gasteiger partial charge in [0.1, 0.15) is 5.75 Å². The van der Waals surface area contributed by atoms with E-state index in [4.69, 9.17) is 4.74 Å². The van der Waals surface area contributed by atoms with Crippen LogP contribution in [0.15, 0.2) is 48.5 Å². The number of hydrogen-bond donors (Lipinski definition) is 3. The first-order valence-corrected chi connectivity index (χ1v) is 11.2. The van der Waals surface area contributed by atoms with Crippen molar-refractivity contribution < 1.29 is 14.3 Å². The summed E-state index contributed by atoms with van der Waals surface area (Å²) in [5, 5.41) is 8.77. The Bertz CT molecular complexity index is 819. The molecule has 168 valence electrons. The molecule has 0 heterocycles.